The predicted molar refractivity (Wildman–Crippen MR) is 142 cm³/mol. The first kappa shape index (κ1) is 22.2. The van der Waals surface area contributed by atoms with E-state index in [4.69, 9.17) is 5.10 Å². The Bertz CT molecular complexity index is 1580. The highest BCUT2D eigenvalue weighted by molar-refractivity contribution is 6.01. The minimum Gasteiger partial charge on any atom is -0.369 e. The number of aryl methyl sites for hydroxylation is 1. The summed E-state index contributed by atoms with van der Waals surface area (Å²) in [6.45, 7) is 6.12. The number of piperazine rings is 1. The second-order valence-corrected chi connectivity index (χ2v) is 9.01. The molecule has 5 aromatic rings. The molecule has 1 saturated heterocycles. The van der Waals surface area contributed by atoms with Crippen LogP contribution in [-0.4, -0.2) is 58.7 Å². The summed E-state index contributed by atoms with van der Waals surface area (Å²) in [6, 6.07) is 18.3. The third-order valence-electron chi connectivity index (χ3n) is 6.85. The summed E-state index contributed by atoms with van der Waals surface area (Å²) >= 11 is 0. The molecule has 4 heterocycles. The zero-order valence-electron chi connectivity index (χ0n) is 20.3. The molecule has 180 valence electrons. The Morgan fingerprint density at radius 3 is 2.56 bits per heavy atom. The summed E-state index contributed by atoms with van der Waals surface area (Å²) in [5.41, 5.74) is 8.34. The van der Waals surface area contributed by atoms with Crippen LogP contribution < -0.4 is 15.5 Å². The van der Waals surface area contributed by atoms with E-state index >= 15 is 0 Å². The van der Waals surface area contributed by atoms with E-state index in [1.54, 1.807) is 13.2 Å². The maximum absolute atomic E-state index is 12.1. The lowest BCUT2D eigenvalue weighted by Gasteiger charge is -2.29. The van der Waals surface area contributed by atoms with Crippen LogP contribution in [0.1, 0.15) is 16.1 Å². The van der Waals surface area contributed by atoms with Gasteiger partial charge in [0.15, 0.2) is 5.65 Å². The van der Waals surface area contributed by atoms with Crippen molar-refractivity contribution < 1.29 is 4.79 Å². The lowest BCUT2D eigenvalue weighted by atomic mass is 10.0. The number of benzene rings is 2. The summed E-state index contributed by atoms with van der Waals surface area (Å²) in [5, 5.41) is 11.9. The third-order valence-corrected chi connectivity index (χ3v) is 6.85. The van der Waals surface area contributed by atoms with Crippen LogP contribution in [0.5, 0.6) is 0 Å². The molecule has 0 spiro atoms. The lowest BCUT2D eigenvalue weighted by Crippen LogP contribution is -2.43. The van der Waals surface area contributed by atoms with Crippen LogP contribution in [0.4, 0.5) is 5.69 Å². The first-order valence-electron chi connectivity index (χ1n) is 12.1. The topological polar surface area (TPSA) is 87.5 Å². The van der Waals surface area contributed by atoms with Crippen molar-refractivity contribution in [1.82, 2.24) is 30.2 Å². The summed E-state index contributed by atoms with van der Waals surface area (Å²) in [5.74, 6) is -0.135. The minimum absolute atomic E-state index is 0.135. The van der Waals surface area contributed by atoms with Gasteiger partial charge in [0.05, 0.1) is 23.1 Å². The first-order valence-corrected chi connectivity index (χ1v) is 12.1. The van der Waals surface area contributed by atoms with Crippen LogP contribution in [0.25, 0.3) is 38.9 Å². The van der Waals surface area contributed by atoms with Gasteiger partial charge in [-0.3, -0.25) is 9.78 Å². The van der Waals surface area contributed by atoms with Crippen LogP contribution in [0, 0.1) is 6.92 Å². The van der Waals surface area contributed by atoms with E-state index < -0.39 is 0 Å². The van der Waals surface area contributed by atoms with Crippen molar-refractivity contribution in [2.24, 2.45) is 0 Å². The number of hydrogen-bond acceptors (Lipinski definition) is 6. The number of nitrogens with zero attached hydrogens (tertiary/aromatic N) is 5. The molecule has 0 radical (unpaired) electrons. The molecule has 1 aliphatic rings. The predicted octanol–water partition coefficient (Wildman–Crippen LogP) is 3.69. The van der Waals surface area contributed by atoms with Gasteiger partial charge in [-0.2, -0.15) is 5.10 Å². The molecule has 1 fully saturated rings. The molecule has 0 atom stereocenters. The number of aromatic nitrogens is 4. The number of nitrogens with one attached hydrogen (secondary N) is 2. The van der Waals surface area contributed by atoms with Crippen molar-refractivity contribution in [3.8, 4) is 22.4 Å². The highest BCUT2D eigenvalue weighted by atomic mass is 16.1. The number of rotatable bonds is 4. The lowest BCUT2D eigenvalue weighted by molar-refractivity contribution is 0.0963. The van der Waals surface area contributed by atoms with Crippen LogP contribution >= 0.6 is 0 Å². The molecule has 8 nitrogen and oxygen atoms in total. The highest BCUT2D eigenvalue weighted by Crippen LogP contribution is 2.31. The molecule has 1 aliphatic heterocycles. The highest BCUT2D eigenvalue weighted by Gasteiger charge is 2.16. The van der Waals surface area contributed by atoms with Gasteiger partial charge in [-0.15, -0.1) is 0 Å². The molecule has 2 N–H and O–H groups in total. The van der Waals surface area contributed by atoms with Crippen molar-refractivity contribution in [3.05, 3.63) is 78.2 Å². The van der Waals surface area contributed by atoms with Gasteiger partial charge >= 0.3 is 0 Å². The van der Waals surface area contributed by atoms with Crippen molar-refractivity contribution in [2.45, 2.75) is 6.92 Å². The summed E-state index contributed by atoms with van der Waals surface area (Å²) in [6.07, 6.45) is 3.60. The number of carbonyl (C=O) groups is 1. The zero-order valence-corrected chi connectivity index (χ0v) is 20.3. The van der Waals surface area contributed by atoms with Gasteiger partial charge in [-0.05, 0) is 48.9 Å². The fourth-order valence-corrected chi connectivity index (χ4v) is 4.91. The number of imidazole rings is 1. The van der Waals surface area contributed by atoms with Crippen molar-refractivity contribution in [2.75, 3.05) is 38.1 Å². The number of pyridine rings is 1. The van der Waals surface area contributed by atoms with Gasteiger partial charge in [0.2, 0.25) is 0 Å². The third kappa shape index (κ3) is 3.85. The Hall–Kier alpha value is -4.30. The standard InChI is InChI=1S/C28H27N7O/c1-18-24(19-3-6-21(7-4-19)34-13-11-30-12-14-34)16-27-32-17-26(35(27)33-18)23-9-10-31-25-15-20(28(36)29-2)5-8-22(23)25/h3-10,15-17,30H,11-14H2,1-2H3,(H,29,36). The van der Waals surface area contributed by atoms with Gasteiger partial charge in [0.25, 0.3) is 5.91 Å². The second kappa shape index (κ2) is 9.05. The van der Waals surface area contributed by atoms with E-state index in [1.807, 2.05) is 41.9 Å². The Morgan fingerprint density at radius 1 is 0.972 bits per heavy atom. The minimum atomic E-state index is -0.135. The molecular weight excluding hydrogens is 450 g/mol. The average molecular weight is 478 g/mol. The van der Waals surface area contributed by atoms with Crippen molar-refractivity contribution in [3.63, 3.8) is 0 Å². The fraction of sp³-hybridized carbons (Fsp3) is 0.214. The molecule has 0 saturated carbocycles. The van der Waals surface area contributed by atoms with Gasteiger partial charge in [0, 0.05) is 67.2 Å². The van der Waals surface area contributed by atoms with Crippen LogP contribution in [0.2, 0.25) is 0 Å². The second-order valence-electron chi connectivity index (χ2n) is 9.01. The number of amides is 1. The van der Waals surface area contributed by atoms with Gasteiger partial charge in [-0.1, -0.05) is 18.2 Å². The molecule has 36 heavy (non-hydrogen) atoms. The number of carbonyl (C=O) groups excluding carboxylic acids is 1. The molecule has 8 heteroatoms. The number of fused-ring (bicyclic) bond motifs is 2. The Labute approximate surface area is 209 Å². The van der Waals surface area contributed by atoms with E-state index in [0.717, 1.165) is 70.8 Å². The summed E-state index contributed by atoms with van der Waals surface area (Å²) in [7, 11) is 1.62. The van der Waals surface area contributed by atoms with E-state index in [1.165, 1.54) is 5.69 Å². The molecule has 6 rings (SSSR count). The Kier molecular flexibility index (Phi) is 5.58. The quantitative estimate of drug-likeness (QED) is 0.411. The smallest absolute Gasteiger partial charge is 0.251 e. The van der Waals surface area contributed by atoms with E-state index in [0.29, 0.717) is 5.56 Å². The largest absolute Gasteiger partial charge is 0.369 e. The summed E-state index contributed by atoms with van der Waals surface area (Å²) in [4.78, 5) is 23.6. The molecule has 1 amide bonds. The van der Waals surface area contributed by atoms with Crippen LogP contribution in [0.3, 0.4) is 0 Å². The maximum Gasteiger partial charge on any atom is 0.251 e. The van der Waals surface area contributed by atoms with E-state index in [-0.39, 0.29) is 5.91 Å². The Balaban J connectivity index is 1.38. The average Bonchev–Trinajstić information content (AvgIpc) is 3.34. The molecule has 0 unspecified atom stereocenters. The molecule has 0 aliphatic carbocycles. The zero-order chi connectivity index (χ0) is 24.6. The molecule has 0 bridgehead atoms. The fourth-order valence-electron chi connectivity index (χ4n) is 4.91. The van der Waals surface area contributed by atoms with Crippen molar-refractivity contribution >= 4 is 28.1 Å². The molecular formula is C28H27N7O. The molecule has 3 aromatic heterocycles. The van der Waals surface area contributed by atoms with Crippen LogP contribution in [-0.2, 0) is 0 Å². The monoisotopic (exact) mass is 477 g/mol. The van der Waals surface area contributed by atoms with Crippen LogP contribution in [0.15, 0.2) is 67.0 Å². The first-order chi connectivity index (χ1) is 17.6. The normalized spacial score (nSPS) is 13.9. The van der Waals surface area contributed by atoms with E-state index in [9.17, 15) is 4.79 Å². The Morgan fingerprint density at radius 2 is 1.78 bits per heavy atom. The van der Waals surface area contributed by atoms with Gasteiger partial charge < -0.3 is 15.5 Å². The van der Waals surface area contributed by atoms with Gasteiger partial charge in [-0.25, -0.2) is 9.50 Å². The summed E-state index contributed by atoms with van der Waals surface area (Å²) < 4.78 is 1.88. The molecule has 2 aromatic carbocycles. The number of anilines is 1. The van der Waals surface area contributed by atoms with E-state index in [2.05, 4.69) is 55.8 Å². The van der Waals surface area contributed by atoms with Gasteiger partial charge in [0.1, 0.15) is 0 Å². The van der Waals surface area contributed by atoms with Crippen molar-refractivity contribution in [1.29, 1.82) is 0 Å². The number of hydrogen-bond donors (Lipinski definition) is 2. The maximum atomic E-state index is 12.1. The SMILES string of the molecule is CNC(=O)c1ccc2c(-c3cnc4cc(-c5ccc(N6CCNCC6)cc5)c(C)nn34)ccnc2c1.